The van der Waals surface area contributed by atoms with E-state index in [4.69, 9.17) is 9.97 Å². The van der Waals surface area contributed by atoms with Crippen molar-refractivity contribution in [2.24, 2.45) is 0 Å². The Balaban J connectivity index is 1.84. The van der Waals surface area contributed by atoms with Crippen molar-refractivity contribution >= 4 is 79.3 Å². The van der Waals surface area contributed by atoms with Crippen molar-refractivity contribution in [1.82, 2.24) is 24.3 Å². The molecule has 2 N–H and O–H groups in total. The first-order valence-corrected chi connectivity index (χ1v) is 16.0. The van der Waals surface area contributed by atoms with Crippen LogP contribution in [0, 0.1) is 27.7 Å². The van der Waals surface area contributed by atoms with Crippen LogP contribution < -0.4 is 14.9 Å². The number of rotatable bonds is 7. The fourth-order valence-electron chi connectivity index (χ4n) is 3.44. The monoisotopic (exact) mass is 608 g/mol. The zero-order valence-corrected chi connectivity index (χ0v) is 23.7. The van der Waals surface area contributed by atoms with Gasteiger partial charge in [-0.15, -0.1) is 0 Å². The number of benzene rings is 1. The molecule has 2 atom stereocenters. The highest BCUT2D eigenvalue weighted by atomic mass is 127. The van der Waals surface area contributed by atoms with Crippen molar-refractivity contribution in [3.8, 4) is 0 Å². The summed E-state index contributed by atoms with van der Waals surface area (Å²) in [6.07, 6.45) is 3.81. The van der Waals surface area contributed by atoms with Crippen LogP contribution >= 0.6 is 28.4 Å². The Hall–Kier alpha value is -2.37. The molecule has 0 spiro atoms. The second-order valence-corrected chi connectivity index (χ2v) is 11.4. The molecule has 9 nitrogen and oxygen atoms in total. The predicted molar refractivity (Wildman–Crippen MR) is 152 cm³/mol. The molecule has 0 aliphatic carbocycles. The molecule has 12 heteroatoms. The molecule has 3 heterocycles. The normalized spacial score (nSPS) is 12.4. The third-order valence-corrected chi connectivity index (χ3v) is 8.58. The minimum absolute atomic E-state index is 0.450. The fraction of sp³-hybridized carbons (Fsp3) is 0.273. The molecule has 0 fully saturated rings. The smallest absolute Gasteiger partial charge is 0.168 e. The van der Waals surface area contributed by atoms with Gasteiger partial charge in [-0.2, -0.15) is 0 Å². The molecule has 0 saturated carbocycles. The molecule has 4 rings (SSSR count). The Bertz CT molecular complexity index is 1410. The lowest BCUT2D eigenvalue weighted by Gasteiger charge is -2.21. The van der Waals surface area contributed by atoms with E-state index in [9.17, 15) is 4.21 Å². The number of aromatic nitrogens is 5. The molecule has 1 aromatic carbocycles. The van der Waals surface area contributed by atoms with Crippen LogP contribution in [0.15, 0.2) is 30.5 Å². The van der Waals surface area contributed by atoms with Gasteiger partial charge in [-0.25, -0.2) is 19.2 Å². The Morgan fingerprint density at radius 1 is 1.00 bits per heavy atom. The summed E-state index contributed by atoms with van der Waals surface area (Å²) in [5.41, 5.74) is 6.84. The SMILES string of the molecule is Cc1ccc(Nc2cc(Nc3cnc(C)c(C)n3)nc3c2nc(C)n3PI)c(N(C)S(C)=O)c1. The third-order valence-electron chi connectivity index (χ3n) is 5.46. The highest BCUT2D eigenvalue weighted by Crippen LogP contribution is 2.37. The first-order valence-electron chi connectivity index (χ1n) is 10.5. The summed E-state index contributed by atoms with van der Waals surface area (Å²) in [5.74, 6) is 2.14. The van der Waals surface area contributed by atoms with Crippen LogP contribution in [0.4, 0.5) is 28.7 Å². The maximum Gasteiger partial charge on any atom is 0.168 e. The zero-order valence-electron chi connectivity index (χ0n) is 19.8. The van der Waals surface area contributed by atoms with E-state index in [-0.39, 0.29) is 0 Å². The van der Waals surface area contributed by atoms with Gasteiger partial charge in [0.05, 0.1) is 41.0 Å². The first kappa shape index (κ1) is 24.7. The summed E-state index contributed by atoms with van der Waals surface area (Å²) in [4.78, 5) is 18.6. The molecule has 0 aliphatic rings. The molecule has 0 bridgehead atoms. The number of anilines is 5. The van der Waals surface area contributed by atoms with E-state index in [1.54, 1.807) is 16.8 Å². The molecule has 0 aliphatic heterocycles. The minimum atomic E-state index is -1.17. The molecule has 178 valence electrons. The summed E-state index contributed by atoms with van der Waals surface area (Å²) >= 11 is 2.33. The highest BCUT2D eigenvalue weighted by Gasteiger charge is 2.18. The van der Waals surface area contributed by atoms with Gasteiger partial charge in [0.1, 0.15) is 34.0 Å². The van der Waals surface area contributed by atoms with Crippen molar-refractivity contribution in [3.63, 3.8) is 0 Å². The number of aryl methyl sites for hydroxylation is 4. The van der Waals surface area contributed by atoms with Crippen LogP contribution in [0.25, 0.3) is 11.2 Å². The number of halogens is 1. The number of imidazole rings is 1. The Morgan fingerprint density at radius 3 is 2.44 bits per heavy atom. The van der Waals surface area contributed by atoms with Crippen LogP contribution in [0.1, 0.15) is 22.8 Å². The van der Waals surface area contributed by atoms with Crippen LogP contribution in [0.5, 0.6) is 0 Å². The van der Waals surface area contributed by atoms with Crippen molar-refractivity contribution < 1.29 is 4.21 Å². The Kier molecular flexibility index (Phi) is 7.34. The lowest BCUT2D eigenvalue weighted by molar-refractivity contribution is 0.685. The molecule has 4 aromatic rings. The van der Waals surface area contributed by atoms with Gasteiger partial charge in [-0.3, -0.25) is 13.6 Å². The summed E-state index contributed by atoms with van der Waals surface area (Å²) in [6.45, 7) is 7.86. The number of pyridine rings is 1. The number of hydrogen-bond acceptors (Lipinski definition) is 7. The quantitative estimate of drug-likeness (QED) is 0.212. The van der Waals surface area contributed by atoms with Crippen LogP contribution in [-0.2, 0) is 11.0 Å². The van der Waals surface area contributed by atoms with Crippen molar-refractivity contribution in [2.45, 2.75) is 27.7 Å². The van der Waals surface area contributed by atoms with E-state index >= 15 is 0 Å². The summed E-state index contributed by atoms with van der Waals surface area (Å²) in [7, 11) is 0.652. The molecule has 0 amide bonds. The Labute approximate surface area is 216 Å². The second kappa shape index (κ2) is 10.1. The number of hydrogen-bond donors (Lipinski definition) is 2. The average Bonchev–Trinajstić information content (AvgIpc) is 3.12. The van der Waals surface area contributed by atoms with Crippen molar-refractivity contribution in [2.75, 3.05) is 28.2 Å². The summed E-state index contributed by atoms with van der Waals surface area (Å²) in [5, 5.41) is 6.81. The molecule has 0 saturated heterocycles. The van der Waals surface area contributed by atoms with E-state index in [1.165, 1.54) is 0 Å². The summed E-state index contributed by atoms with van der Waals surface area (Å²) in [6, 6.07) is 7.95. The van der Waals surface area contributed by atoms with Gasteiger partial charge in [0, 0.05) is 19.4 Å². The molecule has 34 heavy (non-hydrogen) atoms. The van der Waals surface area contributed by atoms with E-state index in [0.29, 0.717) is 18.0 Å². The Morgan fingerprint density at radius 2 is 1.76 bits per heavy atom. The molecule has 3 aromatic heterocycles. The molecule has 2 unspecified atom stereocenters. The lowest BCUT2D eigenvalue weighted by Crippen LogP contribution is -2.20. The average molecular weight is 608 g/mol. The number of fused-ring (bicyclic) bond motifs is 1. The van der Waals surface area contributed by atoms with Gasteiger partial charge in [0.15, 0.2) is 5.65 Å². The molecule has 0 radical (unpaired) electrons. The zero-order chi connectivity index (χ0) is 24.6. The van der Waals surface area contributed by atoms with E-state index < -0.39 is 11.0 Å². The van der Waals surface area contributed by atoms with Crippen LogP contribution in [0.3, 0.4) is 0 Å². The molecular formula is C22H26IN8OPS. The topological polar surface area (TPSA) is 101 Å². The van der Waals surface area contributed by atoms with Gasteiger partial charge in [0.2, 0.25) is 0 Å². The van der Waals surface area contributed by atoms with E-state index in [0.717, 1.165) is 51.0 Å². The van der Waals surface area contributed by atoms with Gasteiger partial charge < -0.3 is 10.6 Å². The van der Waals surface area contributed by atoms with E-state index in [2.05, 4.69) is 47.0 Å². The molecular weight excluding hydrogens is 582 g/mol. The van der Waals surface area contributed by atoms with Crippen LogP contribution in [0.2, 0.25) is 0 Å². The van der Waals surface area contributed by atoms with Crippen LogP contribution in [-0.4, -0.2) is 41.8 Å². The maximum absolute atomic E-state index is 12.2. The standard InChI is InChI=1S/C22H26IN8OPS/c1-12-7-8-16(18(9-12)30(5)34(6)32)27-17-10-19(28-20-11-24-13(2)14(3)25-20)29-22-21(17)26-15(4)31(22)33-23/h7-11,33H,1-6H3,(H2,25,27,28,29). The van der Waals surface area contributed by atoms with Gasteiger partial charge in [-0.1, -0.05) is 6.07 Å². The lowest BCUT2D eigenvalue weighted by atomic mass is 10.2. The maximum atomic E-state index is 12.2. The first-order chi connectivity index (χ1) is 16.2. The minimum Gasteiger partial charge on any atom is -0.352 e. The highest BCUT2D eigenvalue weighted by molar-refractivity contribution is 14.2. The van der Waals surface area contributed by atoms with Gasteiger partial charge in [0.25, 0.3) is 0 Å². The summed E-state index contributed by atoms with van der Waals surface area (Å²) < 4.78 is 16.1. The van der Waals surface area contributed by atoms with E-state index in [1.807, 2.05) is 59.0 Å². The largest absolute Gasteiger partial charge is 0.352 e. The number of nitrogens with zero attached hydrogens (tertiary/aromatic N) is 6. The van der Waals surface area contributed by atoms with Gasteiger partial charge >= 0.3 is 0 Å². The van der Waals surface area contributed by atoms with Gasteiger partial charge in [-0.05, 0) is 67.4 Å². The fourth-order valence-corrected chi connectivity index (χ4v) is 6.01. The number of nitrogens with one attached hydrogen (secondary N) is 2. The third kappa shape index (κ3) is 5.01. The van der Waals surface area contributed by atoms with Crippen molar-refractivity contribution in [3.05, 3.63) is 53.2 Å². The second-order valence-electron chi connectivity index (χ2n) is 7.92. The van der Waals surface area contributed by atoms with Crippen molar-refractivity contribution in [1.29, 1.82) is 0 Å². The predicted octanol–water partition coefficient (Wildman–Crippen LogP) is 5.46.